The lowest BCUT2D eigenvalue weighted by molar-refractivity contribution is -0.138. The highest BCUT2D eigenvalue weighted by molar-refractivity contribution is 7.92. The van der Waals surface area contributed by atoms with E-state index in [0.29, 0.717) is 18.0 Å². The van der Waals surface area contributed by atoms with Crippen molar-refractivity contribution >= 4 is 39.1 Å². The van der Waals surface area contributed by atoms with Crippen LogP contribution in [0.4, 0.5) is 5.69 Å². The molecule has 2 amide bonds. The maximum atomic E-state index is 13.8. The van der Waals surface area contributed by atoms with Crippen LogP contribution >= 0.6 is 11.6 Å². The molecule has 0 aliphatic heterocycles. The van der Waals surface area contributed by atoms with Gasteiger partial charge in [0.1, 0.15) is 12.6 Å². The standard InChI is InChI=1S/C29H34ClN3O4S/c1-22(2)20-31-29(35)23(3)32(18-17-24-11-6-4-7-12-24)28(34)21-33(26-14-10-13-25(30)19-26)38(36,37)27-15-8-5-9-16-27/h4-16,19,22-23H,17-18,20-21H2,1-3H3,(H,31,35)/t23-/m0/s1. The topological polar surface area (TPSA) is 86.8 Å². The van der Waals surface area contributed by atoms with Crippen LogP contribution in [0.15, 0.2) is 89.8 Å². The molecule has 0 fully saturated rings. The molecule has 0 aliphatic carbocycles. The normalized spacial score (nSPS) is 12.1. The maximum absolute atomic E-state index is 13.8. The summed E-state index contributed by atoms with van der Waals surface area (Å²) in [6.07, 6.45) is 0.511. The second-order valence-electron chi connectivity index (χ2n) is 9.44. The number of hydrogen-bond donors (Lipinski definition) is 1. The summed E-state index contributed by atoms with van der Waals surface area (Å²) in [7, 11) is -4.11. The monoisotopic (exact) mass is 555 g/mol. The molecular formula is C29H34ClN3O4S. The number of sulfonamides is 1. The van der Waals surface area contributed by atoms with E-state index in [4.69, 9.17) is 11.6 Å². The van der Waals surface area contributed by atoms with Gasteiger partial charge >= 0.3 is 0 Å². The van der Waals surface area contributed by atoms with E-state index < -0.39 is 28.5 Å². The second-order valence-corrected chi connectivity index (χ2v) is 11.7. The zero-order valence-electron chi connectivity index (χ0n) is 21.9. The number of amides is 2. The zero-order valence-corrected chi connectivity index (χ0v) is 23.5. The van der Waals surface area contributed by atoms with Crippen molar-refractivity contribution in [2.75, 3.05) is 23.9 Å². The summed E-state index contributed by atoms with van der Waals surface area (Å²) in [5, 5.41) is 3.22. The number of halogens is 1. The summed E-state index contributed by atoms with van der Waals surface area (Å²) in [5.74, 6) is -0.540. The van der Waals surface area contributed by atoms with Gasteiger partial charge in [-0.25, -0.2) is 8.42 Å². The molecule has 3 aromatic carbocycles. The SMILES string of the molecule is CC(C)CNC(=O)[C@H](C)N(CCc1ccccc1)C(=O)CN(c1cccc(Cl)c1)S(=O)(=O)c1ccccc1. The molecule has 1 N–H and O–H groups in total. The van der Waals surface area contributed by atoms with Crippen molar-refractivity contribution in [3.8, 4) is 0 Å². The number of nitrogens with zero attached hydrogens (tertiary/aromatic N) is 2. The molecule has 38 heavy (non-hydrogen) atoms. The maximum Gasteiger partial charge on any atom is 0.264 e. The van der Waals surface area contributed by atoms with Gasteiger partial charge in [-0.05, 0) is 55.2 Å². The second kappa shape index (κ2) is 13.4. The first-order valence-corrected chi connectivity index (χ1v) is 14.4. The Hall–Kier alpha value is -3.36. The summed E-state index contributed by atoms with van der Waals surface area (Å²) in [6, 6.07) is 23.1. The summed E-state index contributed by atoms with van der Waals surface area (Å²) >= 11 is 6.18. The number of rotatable bonds is 12. The Morgan fingerprint density at radius 2 is 1.53 bits per heavy atom. The van der Waals surface area contributed by atoms with Crippen molar-refractivity contribution in [2.45, 2.75) is 38.1 Å². The number of hydrogen-bond acceptors (Lipinski definition) is 4. The van der Waals surface area contributed by atoms with Gasteiger partial charge in [0.15, 0.2) is 0 Å². The van der Waals surface area contributed by atoms with E-state index in [2.05, 4.69) is 5.32 Å². The highest BCUT2D eigenvalue weighted by atomic mass is 35.5. The molecule has 202 valence electrons. The van der Waals surface area contributed by atoms with Crippen molar-refractivity contribution in [2.24, 2.45) is 5.92 Å². The fourth-order valence-electron chi connectivity index (χ4n) is 3.90. The van der Waals surface area contributed by atoms with E-state index in [1.807, 2.05) is 44.2 Å². The first-order valence-electron chi connectivity index (χ1n) is 12.5. The van der Waals surface area contributed by atoms with Crippen molar-refractivity contribution in [1.82, 2.24) is 10.2 Å². The fraction of sp³-hybridized carbons (Fsp3) is 0.310. The van der Waals surface area contributed by atoms with E-state index in [1.54, 1.807) is 43.3 Å². The third kappa shape index (κ3) is 7.82. The Labute approximate surface area is 230 Å². The molecule has 0 spiro atoms. The van der Waals surface area contributed by atoms with Gasteiger partial charge in [-0.2, -0.15) is 0 Å². The van der Waals surface area contributed by atoms with E-state index in [-0.39, 0.29) is 29.0 Å². The molecule has 0 aromatic heterocycles. The van der Waals surface area contributed by atoms with Crippen molar-refractivity contribution in [3.63, 3.8) is 0 Å². The van der Waals surface area contributed by atoms with Crippen molar-refractivity contribution in [1.29, 1.82) is 0 Å². The van der Waals surface area contributed by atoms with Gasteiger partial charge in [0.2, 0.25) is 11.8 Å². The third-order valence-corrected chi connectivity index (χ3v) is 8.07. The molecule has 0 saturated carbocycles. The lowest BCUT2D eigenvalue weighted by Gasteiger charge is -2.32. The van der Waals surface area contributed by atoms with Crippen LogP contribution in [0.5, 0.6) is 0 Å². The molecule has 3 rings (SSSR count). The van der Waals surface area contributed by atoms with Crippen LogP contribution in [0.2, 0.25) is 5.02 Å². The molecule has 0 unspecified atom stereocenters. The Morgan fingerprint density at radius 3 is 2.13 bits per heavy atom. The largest absolute Gasteiger partial charge is 0.354 e. The van der Waals surface area contributed by atoms with Gasteiger partial charge in [0.25, 0.3) is 10.0 Å². The summed E-state index contributed by atoms with van der Waals surface area (Å²) in [6.45, 7) is 5.86. The lowest BCUT2D eigenvalue weighted by Crippen LogP contribution is -2.52. The number of benzene rings is 3. The molecule has 0 aliphatic rings. The quantitative estimate of drug-likeness (QED) is 0.349. The van der Waals surface area contributed by atoms with Crippen LogP contribution in [0.1, 0.15) is 26.3 Å². The number of carbonyl (C=O) groups is 2. The molecule has 9 heteroatoms. The smallest absolute Gasteiger partial charge is 0.264 e. The van der Waals surface area contributed by atoms with Gasteiger partial charge in [-0.3, -0.25) is 13.9 Å². The minimum atomic E-state index is -4.11. The van der Waals surface area contributed by atoms with Gasteiger partial charge in [-0.1, -0.05) is 80.0 Å². The van der Waals surface area contributed by atoms with Crippen molar-refractivity contribution < 1.29 is 18.0 Å². The molecule has 3 aromatic rings. The molecule has 0 saturated heterocycles. The summed E-state index contributed by atoms with van der Waals surface area (Å²) in [4.78, 5) is 28.3. The van der Waals surface area contributed by atoms with Crippen LogP contribution in [-0.4, -0.2) is 50.8 Å². The Kier molecular flexibility index (Phi) is 10.3. The number of nitrogens with one attached hydrogen (secondary N) is 1. The number of carbonyl (C=O) groups excluding carboxylic acids is 2. The van der Waals surface area contributed by atoms with Crippen molar-refractivity contribution in [3.05, 3.63) is 95.5 Å². The molecule has 0 heterocycles. The molecule has 1 atom stereocenters. The van der Waals surface area contributed by atoms with Gasteiger partial charge < -0.3 is 10.2 Å². The predicted octanol–water partition coefficient (Wildman–Crippen LogP) is 4.77. The first-order chi connectivity index (χ1) is 18.1. The molecular weight excluding hydrogens is 522 g/mol. The van der Waals surface area contributed by atoms with Crippen LogP contribution in [-0.2, 0) is 26.0 Å². The Morgan fingerprint density at radius 1 is 0.895 bits per heavy atom. The first kappa shape index (κ1) is 29.2. The van der Waals surface area contributed by atoms with E-state index in [0.717, 1.165) is 9.87 Å². The third-order valence-electron chi connectivity index (χ3n) is 6.04. The summed E-state index contributed by atoms with van der Waals surface area (Å²) in [5.41, 5.74) is 1.26. The van der Waals surface area contributed by atoms with Gasteiger partial charge in [-0.15, -0.1) is 0 Å². The lowest BCUT2D eigenvalue weighted by atomic mass is 10.1. The highest BCUT2D eigenvalue weighted by Gasteiger charge is 2.32. The Bertz CT molecular complexity index is 1320. The van der Waals surface area contributed by atoms with Crippen LogP contribution in [0.3, 0.4) is 0 Å². The number of anilines is 1. The Balaban J connectivity index is 1.94. The van der Waals surface area contributed by atoms with Gasteiger partial charge in [0.05, 0.1) is 10.6 Å². The molecule has 7 nitrogen and oxygen atoms in total. The average molecular weight is 556 g/mol. The minimum absolute atomic E-state index is 0.0475. The molecule has 0 radical (unpaired) electrons. The fourth-order valence-corrected chi connectivity index (χ4v) is 5.51. The molecule has 0 bridgehead atoms. The minimum Gasteiger partial charge on any atom is -0.354 e. The van der Waals surface area contributed by atoms with E-state index in [1.165, 1.54) is 23.1 Å². The highest BCUT2D eigenvalue weighted by Crippen LogP contribution is 2.26. The zero-order chi connectivity index (χ0) is 27.7. The van der Waals surface area contributed by atoms with Crippen LogP contribution < -0.4 is 9.62 Å². The predicted molar refractivity (Wildman–Crippen MR) is 152 cm³/mol. The van der Waals surface area contributed by atoms with Crippen LogP contribution in [0.25, 0.3) is 0 Å². The van der Waals surface area contributed by atoms with Gasteiger partial charge in [0, 0.05) is 18.1 Å². The van der Waals surface area contributed by atoms with E-state index in [9.17, 15) is 18.0 Å². The summed E-state index contributed by atoms with van der Waals surface area (Å²) < 4.78 is 28.4. The van der Waals surface area contributed by atoms with E-state index >= 15 is 0 Å². The average Bonchev–Trinajstić information content (AvgIpc) is 2.91. The van der Waals surface area contributed by atoms with Crippen LogP contribution in [0, 0.1) is 5.92 Å².